The standard InChI is InChI=1S/C16H26N2O6/c1-11(19)23-15-9-5-3-7-13(15)17(21)18(22)14-8-4-6-10-16(14)24-12(2)20/h13-16H,3-10H2,1-2H3/b18-17+/t13-,14-,15+,16+/m0/s1. The van der Waals surface area contributed by atoms with Crippen LogP contribution in [0.3, 0.4) is 0 Å². The molecule has 8 heteroatoms. The molecule has 2 rings (SSSR count). The summed E-state index contributed by atoms with van der Waals surface area (Å²) in [6.07, 6.45) is 4.38. The van der Waals surface area contributed by atoms with Crippen molar-refractivity contribution < 1.29 is 28.8 Å². The topological polar surface area (TPSA) is 105 Å². The van der Waals surface area contributed by atoms with Gasteiger partial charge in [0.05, 0.1) is 0 Å². The van der Waals surface area contributed by atoms with Gasteiger partial charge in [-0.2, -0.15) is 0 Å². The second-order valence-electron chi connectivity index (χ2n) is 6.60. The van der Waals surface area contributed by atoms with Gasteiger partial charge in [0.2, 0.25) is 0 Å². The van der Waals surface area contributed by atoms with Gasteiger partial charge in [0.25, 0.3) is 12.1 Å². The Labute approximate surface area is 141 Å². The van der Waals surface area contributed by atoms with Crippen LogP contribution < -0.4 is 0 Å². The monoisotopic (exact) mass is 342 g/mol. The van der Waals surface area contributed by atoms with Crippen LogP contribution in [-0.4, -0.2) is 46.0 Å². The molecule has 24 heavy (non-hydrogen) atoms. The summed E-state index contributed by atoms with van der Waals surface area (Å²) in [4.78, 5) is 23.3. The SMILES string of the molecule is CC(=O)O[C@@H]1CCCC[C@@H]1/[N+]([O-])=[N+](\[O-])[C@H]1CCCC[C@H]1OC(C)=O. The molecule has 2 aliphatic carbocycles. The average Bonchev–Trinajstić information content (AvgIpc) is 2.53. The number of carbonyl (C=O) groups is 2. The molecule has 0 aliphatic heterocycles. The predicted molar refractivity (Wildman–Crippen MR) is 82.9 cm³/mol. The van der Waals surface area contributed by atoms with Crippen LogP contribution in [0.25, 0.3) is 0 Å². The third kappa shape index (κ3) is 4.58. The van der Waals surface area contributed by atoms with Crippen LogP contribution in [0.2, 0.25) is 0 Å². The zero-order valence-electron chi connectivity index (χ0n) is 14.3. The summed E-state index contributed by atoms with van der Waals surface area (Å²) in [6, 6.07) is -1.36. The number of nitrogens with zero attached hydrogens (tertiary/aromatic N) is 2. The highest BCUT2D eigenvalue weighted by Gasteiger charge is 2.43. The Kier molecular flexibility index (Phi) is 6.39. The Morgan fingerprint density at radius 1 is 0.750 bits per heavy atom. The molecular weight excluding hydrogens is 316 g/mol. The Hall–Kier alpha value is -1.86. The van der Waals surface area contributed by atoms with Crippen molar-refractivity contribution in [2.45, 2.75) is 89.5 Å². The fourth-order valence-corrected chi connectivity index (χ4v) is 3.65. The van der Waals surface area contributed by atoms with Gasteiger partial charge in [0.15, 0.2) is 12.2 Å². The van der Waals surface area contributed by atoms with Crippen LogP contribution in [0.1, 0.15) is 65.2 Å². The lowest BCUT2D eigenvalue weighted by molar-refractivity contribution is -1.00. The van der Waals surface area contributed by atoms with Crippen LogP contribution in [0.5, 0.6) is 0 Å². The van der Waals surface area contributed by atoms with Gasteiger partial charge in [-0.25, -0.2) is 0 Å². The number of azo groups is 1. The molecule has 8 nitrogen and oxygen atoms in total. The number of rotatable bonds is 4. The van der Waals surface area contributed by atoms with E-state index in [2.05, 4.69) is 0 Å². The molecule has 0 radical (unpaired) electrons. The number of hydrogen-bond acceptors (Lipinski definition) is 6. The van der Waals surface area contributed by atoms with Crippen molar-refractivity contribution in [2.24, 2.45) is 0 Å². The lowest BCUT2D eigenvalue weighted by Gasteiger charge is -2.30. The van der Waals surface area contributed by atoms with Crippen LogP contribution >= 0.6 is 0 Å². The molecule has 0 saturated heterocycles. The summed E-state index contributed by atoms with van der Waals surface area (Å²) in [5, 5.41) is 25.2. The molecule has 0 bridgehead atoms. The maximum absolute atomic E-state index is 12.6. The first-order valence-corrected chi connectivity index (χ1v) is 8.67. The van der Waals surface area contributed by atoms with E-state index in [0.29, 0.717) is 35.4 Å². The minimum absolute atomic E-state index is 0.402. The number of hydrogen-bond donors (Lipinski definition) is 0. The van der Waals surface area contributed by atoms with Crippen molar-refractivity contribution >= 4 is 11.9 Å². The molecular formula is C16H26N2O6. The van der Waals surface area contributed by atoms with Crippen molar-refractivity contribution in [1.29, 1.82) is 0 Å². The maximum Gasteiger partial charge on any atom is 0.303 e. The predicted octanol–water partition coefficient (Wildman–Crippen LogP) is 2.21. The van der Waals surface area contributed by atoms with E-state index in [0.717, 1.165) is 25.7 Å². The van der Waals surface area contributed by atoms with Gasteiger partial charge >= 0.3 is 11.9 Å². The van der Waals surface area contributed by atoms with Gasteiger partial charge in [0, 0.05) is 36.4 Å². The third-order valence-electron chi connectivity index (χ3n) is 4.73. The van der Waals surface area contributed by atoms with Gasteiger partial charge in [-0.05, 0) is 38.5 Å². The van der Waals surface area contributed by atoms with E-state index in [9.17, 15) is 20.0 Å². The van der Waals surface area contributed by atoms with E-state index < -0.39 is 36.2 Å². The van der Waals surface area contributed by atoms with Crippen molar-refractivity contribution in [3.8, 4) is 0 Å². The lowest BCUT2D eigenvalue weighted by Crippen LogP contribution is -2.48. The van der Waals surface area contributed by atoms with Crippen molar-refractivity contribution in [3.63, 3.8) is 0 Å². The summed E-state index contributed by atoms with van der Waals surface area (Å²) in [6.45, 7) is 2.60. The molecule has 0 aromatic heterocycles. The Morgan fingerprint density at radius 2 is 1.08 bits per heavy atom. The number of hydroxylamine groups is 2. The molecule has 0 amide bonds. The van der Waals surface area contributed by atoms with Crippen molar-refractivity contribution in [1.82, 2.24) is 0 Å². The summed E-state index contributed by atoms with van der Waals surface area (Å²) in [5.74, 6) is -0.901. The van der Waals surface area contributed by atoms with Gasteiger partial charge in [0.1, 0.15) is 0 Å². The average molecular weight is 342 g/mol. The summed E-state index contributed by atoms with van der Waals surface area (Å²) >= 11 is 0. The highest BCUT2D eigenvalue weighted by molar-refractivity contribution is 5.66. The molecule has 136 valence electrons. The van der Waals surface area contributed by atoms with Crippen LogP contribution in [-0.2, 0) is 19.1 Å². The first kappa shape index (κ1) is 18.5. The fourth-order valence-electron chi connectivity index (χ4n) is 3.65. The molecule has 4 atom stereocenters. The van der Waals surface area contributed by atoms with E-state index in [4.69, 9.17) is 9.47 Å². The quantitative estimate of drug-likeness (QED) is 0.336. The first-order chi connectivity index (χ1) is 11.4. The smallest absolute Gasteiger partial charge is 0.303 e. The zero-order valence-corrected chi connectivity index (χ0v) is 14.3. The van der Waals surface area contributed by atoms with E-state index >= 15 is 0 Å². The van der Waals surface area contributed by atoms with Gasteiger partial charge < -0.3 is 19.9 Å². The second kappa shape index (κ2) is 8.30. The molecule has 0 aromatic carbocycles. The molecule has 0 spiro atoms. The number of ether oxygens (including phenoxy) is 2. The minimum atomic E-state index is -0.681. The molecule has 0 aromatic rings. The second-order valence-corrected chi connectivity index (χ2v) is 6.60. The minimum Gasteiger partial charge on any atom is -0.567 e. The fraction of sp³-hybridized carbons (Fsp3) is 0.875. The Bertz CT molecular complexity index is 463. The molecule has 0 N–H and O–H groups in total. The molecule has 2 saturated carbocycles. The molecule has 2 fully saturated rings. The lowest BCUT2D eigenvalue weighted by atomic mass is 9.92. The Balaban J connectivity index is 2.19. The number of carbonyl (C=O) groups excluding carboxylic acids is 2. The molecule has 0 heterocycles. The van der Waals surface area contributed by atoms with Crippen LogP contribution in [0, 0.1) is 10.4 Å². The van der Waals surface area contributed by atoms with Crippen molar-refractivity contribution in [2.75, 3.05) is 0 Å². The van der Waals surface area contributed by atoms with Gasteiger partial charge in [-0.3, -0.25) is 9.59 Å². The maximum atomic E-state index is 12.6. The van der Waals surface area contributed by atoms with Crippen molar-refractivity contribution in [3.05, 3.63) is 10.4 Å². The zero-order chi connectivity index (χ0) is 17.7. The normalized spacial score (nSPS) is 31.8. The summed E-state index contributed by atoms with van der Waals surface area (Å²) < 4.78 is 10.4. The van der Waals surface area contributed by atoms with Gasteiger partial charge in [-0.15, -0.1) is 0 Å². The first-order valence-electron chi connectivity index (χ1n) is 8.67. The van der Waals surface area contributed by atoms with E-state index in [1.54, 1.807) is 0 Å². The summed E-state index contributed by atoms with van der Waals surface area (Å²) in [5.41, 5.74) is 0. The van der Waals surface area contributed by atoms with E-state index in [1.165, 1.54) is 13.8 Å². The number of esters is 2. The highest BCUT2D eigenvalue weighted by atomic mass is 16.6. The highest BCUT2D eigenvalue weighted by Crippen LogP contribution is 2.27. The van der Waals surface area contributed by atoms with E-state index in [-0.39, 0.29) is 0 Å². The Morgan fingerprint density at radius 3 is 1.42 bits per heavy atom. The van der Waals surface area contributed by atoms with Crippen LogP contribution in [0.15, 0.2) is 0 Å². The largest absolute Gasteiger partial charge is 0.567 e. The van der Waals surface area contributed by atoms with E-state index in [1.807, 2.05) is 0 Å². The molecule has 0 unspecified atom stereocenters. The molecule has 2 aliphatic rings. The summed E-state index contributed by atoms with van der Waals surface area (Å²) in [7, 11) is 0. The van der Waals surface area contributed by atoms with Gasteiger partial charge in [-0.1, -0.05) is 0 Å². The van der Waals surface area contributed by atoms with Crippen LogP contribution in [0.4, 0.5) is 0 Å². The third-order valence-corrected chi connectivity index (χ3v) is 4.73.